The second-order valence-electron chi connectivity index (χ2n) is 2.27. The molecule has 0 aliphatic heterocycles. The SMILES string of the molecule is CC.CNC(=O)OC.O=Cc1ccccc1. The number of methoxy groups -OCH3 is 1. The fourth-order valence-corrected chi connectivity index (χ4v) is 0.634. The molecule has 0 saturated carbocycles. The van der Waals surface area contributed by atoms with E-state index < -0.39 is 6.09 Å². The molecule has 0 radical (unpaired) electrons. The topological polar surface area (TPSA) is 55.4 Å². The van der Waals surface area contributed by atoms with Crippen LogP contribution in [0.4, 0.5) is 4.79 Å². The summed E-state index contributed by atoms with van der Waals surface area (Å²) in [5, 5.41) is 2.25. The van der Waals surface area contributed by atoms with E-state index in [2.05, 4.69) is 10.1 Å². The van der Waals surface area contributed by atoms with Crippen molar-refractivity contribution in [3.63, 3.8) is 0 Å². The van der Waals surface area contributed by atoms with Crippen molar-refractivity contribution in [3.05, 3.63) is 35.9 Å². The maximum atomic E-state index is 10.0. The second kappa shape index (κ2) is 13.2. The first-order valence-corrected chi connectivity index (χ1v) is 5.00. The molecule has 1 amide bonds. The van der Waals surface area contributed by atoms with Crippen molar-refractivity contribution in [3.8, 4) is 0 Å². The zero-order valence-electron chi connectivity index (χ0n) is 10.2. The van der Waals surface area contributed by atoms with Crippen LogP contribution in [0.15, 0.2) is 30.3 Å². The third kappa shape index (κ3) is 10.2. The highest BCUT2D eigenvalue weighted by atomic mass is 16.5. The lowest BCUT2D eigenvalue weighted by molar-refractivity contribution is 0.112. The van der Waals surface area contributed by atoms with Crippen molar-refractivity contribution >= 4 is 12.4 Å². The second-order valence-corrected chi connectivity index (χ2v) is 2.27. The van der Waals surface area contributed by atoms with Gasteiger partial charge in [0, 0.05) is 12.6 Å². The zero-order chi connectivity index (χ0) is 12.8. The van der Waals surface area contributed by atoms with E-state index in [4.69, 9.17) is 0 Å². The third-order valence-corrected chi connectivity index (χ3v) is 1.33. The number of carbonyl (C=O) groups is 2. The van der Waals surface area contributed by atoms with Gasteiger partial charge in [0.15, 0.2) is 0 Å². The third-order valence-electron chi connectivity index (χ3n) is 1.33. The Morgan fingerprint density at radius 2 is 1.75 bits per heavy atom. The average Bonchev–Trinajstić information content (AvgIpc) is 2.41. The van der Waals surface area contributed by atoms with E-state index >= 15 is 0 Å². The predicted octanol–water partition coefficient (Wildman–Crippen LogP) is 2.50. The summed E-state index contributed by atoms with van der Waals surface area (Å²) >= 11 is 0. The van der Waals surface area contributed by atoms with Gasteiger partial charge < -0.3 is 10.1 Å². The standard InChI is InChI=1S/C7H6O.C3H7NO2.C2H6/c8-6-7-4-2-1-3-5-7;1-4-3(5)6-2;1-2/h1-6H;1-2H3,(H,4,5);1-2H3. The van der Waals surface area contributed by atoms with E-state index in [0.29, 0.717) is 0 Å². The Kier molecular flexibility index (Phi) is 13.6. The number of rotatable bonds is 1. The summed E-state index contributed by atoms with van der Waals surface area (Å²) in [6, 6.07) is 9.10. The molecular formula is C12H19NO3. The lowest BCUT2D eigenvalue weighted by Crippen LogP contribution is -2.16. The van der Waals surface area contributed by atoms with Crippen molar-refractivity contribution in [2.24, 2.45) is 0 Å². The van der Waals surface area contributed by atoms with Crippen molar-refractivity contribution < 1.29 is 14.3 Å². The molecule has 1 N–H and O–H groups in total. The fourth-order valence-electron chi connectivity index (χ4n) is 0.634. The highest BCUT2D eigenvalue weighted by Gasteiger charge is 1.85. The van der Waals surface area contributed by atoms with Gasteiger partial charge in [0.2, 0.25) is 0 Å². The van der Waals surface area contributed by atoms with Crippen molar-refractivity contribution in [2.75, 3.05) is 14.2 Å². The number of benzene rings is 1. The highest BCUT2D eigenvalue weighted by Crippen LogP contribution is 1.91. The number of alkyl carbamates (subject to hydrolysis) is 1. The summed E-state index contributed by atoms with van der Waals surface area (Å²) < 4.78 is 4.15. The molecule has 0 bridgehead atoms. The zero-order valence-corrected chi connectivity index (χ0v) is 10.2. The maximum Gasteiger partial charge on any atom is 0.406 e. The van der Waals surface area contributed by atoms with Crippen LogP contribution in [0.1, 0.15) is 24.2 Å². The largest absolute Gasteiger partial charge is 0.453 e. The van der Waals surface area contributed by atoms with Crippen LogP contribution in [0, 0.1) is 0 Å². The Bertz CT molecular complexity index is 267. The van der Waals surface area contributed by atoms with Crippen LogP contribution in [0.25, 0.3) is 0 Å². The van der Waals surface area contributed by atoms with E-state index in [0.717, 1.165) is 11.8 Å². The molecule has 1 aromatic carbocycles. The number of ether oxygens (including phenoxy) is 1. The van der Waals surface area contributed by atoms with Crippen LogP contribution in [-0.4, -0.2) is 26.5 Å². The van der Waals surface area contributed by atoms with E-state index in [1.165, 1.54) is 14.2 Å². The molecule has 16 heavy (non-hydrogen) atoms. The Morgan fingerprint density at radius 3 is 1.94 bits per heavy atom. The first-order chi connectivity index (χ1) is 7.74. The van der Waals surface area contributed by atoms with Gasteiger partial charge in [0.1, 0.15) is 6.29 Å². The molecule has 0 aromatic heterocycles. The first-order valence-electron chi connectivity index (χ1n) is 5.00. The number of hydrogen-bond acceptors (Lipinski definition) is 3. The van der Waals surface area contributed by atoms with Gasteiger partial charge in [-0.1, -0.05) is 44.2 Å². The van der Waals surface area contributed by atoms with Crippen molar-refractivity contribution in [1.82, 2.24) is 5.32 Å². The van der Waals surface area contributed by atoms with E-state index in [-0.39, 0.29) is 0 Å². The van der Waals surface area contributed by atoms with E-state index in [1.807, 2.05) is 32.0 Å². The Morgan fingerprint density at radius 1 is 1.25 bits per heavy atom. The van der Waals surface area contributed by atoms with Gasteiger partial charge in [-0.05, 0) is 0 Å². The number of nitrogens with one attached hydrogen (secondary N) is 1. The molecule has 0 atom stereocenters. The molecule has 1 aromatic rings. The Balaban J connectivity index is 0. The summed E-state index contributed by atoms with van der Waals surface area (Å²) in [5.74, 6) is 0. The van der Waals surface area contributed by atoms with E-state index in [1.54, 1.807) is 12.1 Å². The molecule has 4 nitrogen and oxygen atoms in total. The van der Waals surface area contributed by atoms with Crippen LogP contribution in [-0.2, 0) is 4.74 Å². The summed E-state index contributed by atoms with van der Waals surface area (Å²) in [6.07, 6.45) is 0.426. The minimum Gasteiger partial charge on any atom is -0.453 e. The van der Waals surface area contributed by atoms with Crippen LogP contribution in [0.3, 0.4) is 0 Å². The molecular weight excluding hydrogens is 206 g/mol. The molecule has 0 aliphatic rings. The predicted molar refractivity (Wildman–Crippen MR) is 64.6 cm³/mol. The molecule has 0 saturated heterocycles. The van der Waals surface area contributed by atoms with Gasteiger partial charge in [-0.15, -0.1) is 0 Å². The molecule has 0 heterocycles. The van der Waals surface area contributed by atoms with E-state index in [9.17, 15) is 9.59 Å². The highest BCUT2D eigenvalue weighted by molar-refractivity contribution is 5.74. The van der Waals surface area contributed by atoms with Crippen LogP contribution in [0.5, 0.6) is 0 Å². The monoisotopic (exact) mass is 225 g/mol. The lowest BCUT2D eigenvalue weighted by atomic mass is 10.2. The summed E-state index contributed by atoms with van der Waals surface area (Å²) in [6.45, 7) is 4.00. The first kappa shape index (κ1) is 16.6. The quantitative estimate of drug-likeness (QED) is 0.747. The number of amides is 1. The minimum atomic E-state index is -0.407. The Hall–Kier alpha value is -1.84. The maximum absolute atomic E-state index is 10.0. The fraction of sp³-hybridized carbons (Fsp3) is 0.333. The summed E-state index contributed by atoms with van der Waals surface area (Å²) in [7, 11) is 2.82. The molecule has 4 heteroatoms. The normalized spacial score (nSPS) is 7.25. The smallest absolute Gasteiger partial charge is 0.406 e. The molecule has 1 rings (SSSR count). The van der Waals surface area contributed by atoms with Gasteiger partial charge in [0.25, 0.3) is 0 Å². The molecule has 0 aliphatic carbocycles. The molecule has 0 fully saturated rings. The van der Waals surface area contributed by atoms with Crippen molar-refractivity contribution in [1.29, 1.82) is 0 Å². The average molecular weight is 225 g/mol. The van der Waals surface area contributed by atoms with Gasteiger partial charge in [-0.25, -0.2) is 4.79 Å². The number of carbonyl (C=O) groups excluding carboxylic acids is 2. The van der Waals surface area contributed by atoms with Crippen LogP contribution < -0.4 is 5.32 Å². The van der Waals surface area contributed by atoms with Crippen LogP contribution >= 0.6 is 0 Å². The van der Waals surface area contributed by atoms with Crippen LogP contribution in [0.2, 0.25) is 0 Å². The lowest BCUT2D eigenvalue weighted by Gasteiger charge is -1.90. The van der Waals surface area contributed by atoms with Crippen molar-refractivity contribution in [2.45, 2.75) is 13.8 Å². The van der Waals surface area contributed by atoms with Gasteiger partial charge >= 0.3 is 6.09 Å². The van der Waals surface area contributed by atoms with Gasteiger partial charge in [-0.3, -0.25) is 4.79 Å². The molecule has 0 unspecified atom stereocenters. The molecule has 90 valence electrons. The Labute approximate surface area is 96.6 Å². The molecule has 0 spiro atoms. The number of aldehydes is 1. The number of hydrogen-bond donors (Lipinski definition) is 1. The minimum absolute atomic E-state index is 0.407. The summed E-state index contributed by atoms with van der Waals surface area (Å²) in [5.41, 5.74) is 0.729. The van der Waals surface area contributed by atoms with Gasteiger partial charge in [0.05, 0.1) is 7.11 Å². The summed E-state index contributed by atoms with van der Waals surface area (Å²) in [4.78, 5) is 19.9. The van der Waals surface area contributed by atoms with Gasteiger partial charge in [-0.2, -0.15) is 0 Å².